The molecule has 2 atom stereocenters. The molecule has 156 valence electrons. The second kappa shape index (κ2) is 9.37. The fourth-order valence-electron chi connectivity index (χ4n) is 2.57. The van der Waals surface area contributed by atoms with E-state index in [4.69, 9.17) is 11.6 Å². The van der Waals surface area contributed by atoms with Crippen molar-refractivity contribution in [1.29, 1.82) is 0 Å². The van der Waals surface area contributed by atoms with E-state index in [0.717, 1.165) is 17.7 Å². The van der Waals surface area contributed by atoms with Crippen LogP contribution in [-0.2, 0) is 9.84 Å². The Hall–Kier alpha value is -2.45. The van der Waals surface area contributed by atoms with E-state index in [1.54, 1.807) is 31.2 Å². The van der Waals surface area contributed by atoms with Gasteiger partial charge in [-0.2, -0.15) is 0 Å². The number of hydrogen-bond acceptors (Lipinski definition) is 4. The third-order valence-electron chi connectivity index (χ3n) is 4.04. The van der Waals surface area contributed by atoms with Gasteiger partial charge in [0.2, 0.25) is 0 Å². The summed E-state index contributed by atoms with van der Waals surface area (Å²) in [5, 5.41) is 6.65. The highest BCUT2D eigenvalue weighted by Gasteiger charge is 2.21. The molecule has 0 bridgehead atoms. The summed E-state index contributed by atoms with van der Waals surface area (Å²) in [6.45, 7) is 3.25. The van der Waals surface area contributed by atoms with Gasteiger partial charge in [-0.05, 0) is 37.6 Å². The van der Waals surface area contributed by atoms with Crippen molar-refractivity contribution >= 4 is 33.0 Å². The van der Waals surface area contributed by atoms with Crippen LogP contribution in [0.2, 0.25) is 5.02 Å². The van der Waals surface area contributed by atoms with Gasteiger partial charge in [-0.25, -0.2) is 17.2 Å². The van der Waals surface area contributed by atoms with Gasteiger partial charge in [0.1, 0.15) is 0 Å². The molecule has 0 heterocycles. The standard InChI is InChI=1S/C20H21ClF2N2O3S/c1-12(10-11-29(3,27)28)24-20(26)15-8-9-17(19(23)18(15)22)25-13(2)14-6-4-5-7-16(14)21/h4-13,25H,1-3H3,(H,24,26)/b11-10+/t12-,13+/m1/s1. The number of rotatable bonds is 7. The smallest absolute Gasteiger partial charge is 0.254 e. The highest BCUT2D eigenvalue weighted by Crippen LogP contribution is 2.28. The number of benzene rings is 2. The fraction of sp³-hybridized carbons (Fsp3) is 0.250. The third-order valence-corrected chi connectivity index (χ3v) is 5.04. The summed E-state index contributed by atoms with van der Waals surface area (Å²) in [4.78, 5) is 12.2. The van der Waals surface area contributed by atoms with Crippen LogP contribution in [0.1, 0.15) is 35.8 Å². The highest BCUT2D eigenvalue weighted by atomic mass is 35.5. The zero-order valence-electron chi connectivity index (χ0n) is 16.0. The minimum Gasteiger partial charge on any atom is -0.376 e. The monoisotopic (exact) mass is 442 g/mol. The molecule has 0 saturated carbocycles. The van der Waals surface area contributed by atoms with Crippen LogP contribution >= 0.6 is 11.6 Å². The maximum absolute atomic E-state index is 14.5. The first-order valence-corrected chi connectivity index (χ1v) is 11.0. The van der Waals surface area contributed by atoms with Crippen molar-refractivity contribution in [2.24, 2.45) is 0 Å². The molecule has 0 fully saturated rings. The number of sulfone groups is 1. The number of amides is 1. The molecule has 2 aromatic rings. The molecular weight excluding hydrogens is 422 g/mol. The number of anilines is 1. The molecule has 5 nitrogen and oxygen atoms in total. The normalized spacial score (nSPS) is 13.9. The second-order valence-electron chi connectivity index (χ2n) is 6.60. The lowest BCUT2D eigenvalue weighted by atomic mass is 10.1. The number of halogens is 3. The lowest BCUT2D eigenvalue weighted by molar-refractivity contribution is 0.0942. The largest absolute Gasteiger partial charge is 0.376 e. The van der Waals surface area contributed by atoms with E-state index in [1.165, 1.54) is 19.1 Å². The molecule has 2 rings (SSSR count). The first-order chi connectivity index (χ1) is 13.5. The van der Waals surface area contributed by atoms with Gasteiger partial charge >= 0.3 is 0 Å². The Balaban J connectivity index is 2.17. The second-order valence-corrected chi connectivity index (χ2v) is 8.93. The van der Waals surface area contributed by atoms with Gasteiger partial charge in [-0.15, -0.1) is 0 Å². The molecular formula is C20H21ClF2N2O3S. The average molecular weight is 443 g/mol. The summed E-state index contributed by atoms with van der Waals surface area (Å²) >= 11 is 6.12. The van der Waals surface area contributed by atoms with Crippen LogP contribution in [0, 0.1) is 11.6 Å². The molecule has 9 heteroatoms. The Morgan fingerprint density at radius 1 is 1.10 bits per heavy atom. The maximum Gasteiger partial charge on any atom is 0.254 e. The maximum atomic E-state index is 14.5. The quantitative estimate of drug-likeness (QED) is 0.663. The Morgan fingerprint density at radius 3 is 2.38 bits per heavy atom. The Kier molecular flexibility index (Phi) is 7.37. The predicted octanol–water partition coefficient (Wildman–Crippen LogP) is 4.47. The molecule has 2 N–H and O–H groups in total. The molecule has 0 aliphatic rings. The lowest BCUT2D eigenvalue weighted by Gasteiger charge is -2.18. The van der Waals surface area contributed by atoms with Crippen molar-refractivity contribution in [2.45, 2.75) is 25.9 Å². The first-order valence-electron chi connectivity index (χ1n) is 8.67. The van der Waals surface area contributed by atoms with Gasteiger partial charge in [-0.3, -0.25) is 4.79 Å². The Labute approximate surface area is 173 Å². The third kappa shape index (κ3) is 6.27. The number of nitrogens with one attached hydrogen (secondary N) is 2. The van der Waals surface area contributed by atoms with Gasteiger partial charge in [-0.1, -0.05) is 35.9 Å². The first kappa shape index (κ1) is 22.8. The van der Waals surface area contributed by atoms with Crippen LogP contribution in [0.15, 0.2) is 47.9 Å². The van der Waals surface area contributed by atoms with Gasteiger partial charge < -0.3 is 10.6 Å². The summed E-state index contributed by atoms with van der Waals surface area (Å²) < 4.78 is 51.2. The van der Waals surface area contributed by atoms with Crippen LogP contribution in [0.3, 0.4) is 0 Å². The topological polar surface area (TPSA) is 75.3 Å². The van der Waals surface area contributed by atoms with Gasteiger partial charge in [0.05, 0.1) is 17.3 Å². The summed E-state index contributed by atoms with van der Waals surface area (Å²) in [7, 11) is -3.36. The SMILES string of the molecule is C[C@H](/C=C/S(C)(=O)=O)NC(=O)c1ccc(N[C@@H](C)c2ccccc2Cl)c(F)c1F. The average Bonchev–Trinajstić information content (AvgIpc) is 2.63. The number of carbonyl (C=O) groups excluding carboxylic acids is 1. The summed E-state index contributed by atoms with van der Waals surface area (Å²) in [6, 6.07) is 8.32. The fourth-order valence-corrected chi connectivity index (χ4v) is 3.39. The molecule has 1 amide bonds. The number of hydrogen-bond donors (Lipinski definition) is 2. The molecule has 0 spiro atoms. The summed E-state index contributed by atoms with van der Waals surface area (Å²) in [5.41, 5.74) is 0.108. The molecule has 0 aromatic heterocycles. The molecule has 0 unspecified atom stereocenters. The van der Waals surface area contributed by atoms with Crippen molar-refractivity contribution in [3.05, 3.63) is 75.7 Å². The summed E-state index contributed by atoms with van der Waals surface area (Å²) in [5.74, 6) is -3.37. The van der Waals surface area contributed by atoms with Gasteiger partial charge in [0.25, 0.3) is 5.91 Å². The minimum absolute atomic E-state index is 0.114. The van der Waals surface area contributed by atoms with Crippen LogP contribution < -0.4 is 10.6 Å². The van der Waals surface area contributed by atoms with E-state index < -0.39 is 45.0 Å². The van der Waals surface area contributed by atoms with Crippen molar-refractivity contribution in [2.75, 3.05) is 11.6 Å². The van der Waals surface area contributed by atoms with E-state index in [-0.39, 0.29) is 5.69 Å². The van der Waals surface area contributed by atoms with Crippen LogP contribution in [-0.4, -0.2) is 26.6 Å². The number of carbonyl (C=O) groups is 1. The highest BCUT2D eigenvalue weighted by molar-refractivity contribution is 7.93. The van der Waals surface area contributed by atoms with Crippen molar-refractivity contribution < 1.29 is 22.0 Å². The Bertz CT molecular complexity index is 1040. The van der Waals surface area contributed by atoms with Gasteiger partial charge in [0, 0.05) is 22.7 Å². The van der Waals surface area contributed by atoms with Crippen molar-refractivity contribution in [3.8, 4) is 0 Å². The van der Waals surface area contributed by atoms with Gasteiger partial charge in [0.15, 0.2) is 21.5 Å². The Morgan fingerprint density at radius 2 is 1.76 bits per heavy atom. The zero-order valence-corrected chi connectivity index (χ0v) is 17.6. The van der Waals surface area contributed by atoms with E-state index in [1.807, 2.05) is 0 Å². The molecule has 0 radical (unpaired) electrons. The minimum atomic E-state index is -3.36. The van der Waals surface area contributed by atoms with Crippen LogP contribution in [0.5, 0.6) is 0 Å². The summed E-state index contributed by atoms with van der Waals surface area (Å²) in [6.07, 6.45) is 2.24. The van der Waals surface area contributed by atoms with Crippen molar-refractivity contribution in [1.82, 2.24) is 5.32 Å². The van der Waals surface area contributed by atoms with Crippen LogP contribution in [0.4, 0.5) is 14.5 Å². The molecule has 2 aromatic carbocycles. The molecule has 0 aliphatic carbocycles. The lowest BCUT2D eigenvalue weighted by Crippen LogP contribution is -2.32. The molecule has 29 heavy (non-hydrogen) atoms. The zero-order chi connectivity index (χ0) is 21.8. The van der Waals surface area contributed by atoms with E-state index in [2.05, 4.69) is 10.6 Å². The van der Waals surface area contributed by atoms with E-state index >= 15 is 0 Å². The van der Waals surface area contributed by atoms with Crippen LogP contribution in [0.25, 0.3) is 0 Å². The van der Waals surface area contributed by atoms with E-state index in [9.17, 15) is 22.0 Å². The predicted molar refractivity (Wildman–Crippen MR) is 111 cm³/mol. The van der Waals surface area contributed by atoms with Crippen molar-refractivity contribution in [3.63, 3.8) is 0 Å². The molecule has 0 saturated heterocycles. The molecule has 0 aliphatic heterocycles. The van der Waals surface area contributed by atoms with E-state index in [0.29, 0.717) is 10.6 Å².